The van der Waals surface area contributed by atoms with E-state index in [1.807, 2.05) is 0 Å². The van der Waals surface area contributed by atoms with E-state index in [2.05, 4.69) is 10.2 Å². The number of rotatable bonds is 2. The van der Waals surface area contributed by atoms with E-state index in [9.17, 15) is 9.59 Å². The van der Waals surface area contributed by atoms with Crippen LogP contribution in [-0.2, 0) is 0 Å². The number of nitrogens with one attached hydrogen (secondary N) is 1. The molecular weight excluding hydrogens is 220 g/mol. The smallest absolute Gasteiger partial charge is 0.274 e. The molecule has 1 amide bonds. The van der Waals surface area contributed by atoms with Gasteiger partial charge in [-0.05, 0) is 25.3 Å². The van der Waals surface area contributed by atoms with E-state index in [-0.39, 0.29) is 23.2 Å². The molecule has 17 heavy (non-hydrogen) atoms. The third kappa shape index (κ3) is 2.52. The zero-order chi connectivity index (χ0) is 12.3. The van der Waals surface area contributed by atoms with E-state index in [1.54, 1.807) is 4.90 Å². The maximum absolute atomic E-state index is 12.2. The second-order valence-corrected chi connectivity index (χ2v) is 4.19. The Kier molecular flexibility index (Phi) is 3.53. The molecule has 1 saturated heterocycles. The molecule has 0 radical (unpaired) electrons. The van der Waals surface area contributed by atoms with Crippen LogP contribution < -0.4 is 11.3 Å². The van der Waals surface area contributed by atoms with Gasteiger partial charge in [0.1, 0.15) is 5.69 Å². The number of hydrogen-bond acceptors (Lipinski definition) is 4. The molecule has 92 valence electrons. The summed E-state index contributed by atoms with van der Waals surface area (Å²) in [6.07, 6.45) is 3.03. The SMILES string of the molecule is NCC1CCCCN1C(=O)c1ccc(=O)[nH]n1. The predicted octanol–water partition coefficient (Wildman–Crippen LogP) is -0.277. The Morgan fingerprint density at radius 1 is 1.53 bits per heavy atom. The van der Waals surface area contributed by atoms with Crippen molar-refractivity contribution >= 4 is 5.91 Å². The molecule has 1 aromatic rings. The Bertz CT molecular complexity index is 437. The molecule has 1 atom stereocenters. The van der Waals surface area contributed by atoms with Crippen molar-refractivity contribution in [2.24, 2.45) is 5.73 Å². The largest absolute Gasteiger partial charge is 0.333 e. The van der Waals surface area contributed by atoms with E-state index in [0.29, 0.717) is 13.1 Å². The first kappa shape index (κ1) is 11.8. The van der Waals surface area contributed by atoms with Crippen LogP contribution in [-0.4, -0.2) is 40.1 Å². The van der Waals surface area contributed by atoms with Gasteiger partial charge in [-0.25, -0.2) is 5.10 Å². The molecular formula is C11H16N4O2. The van der Waals surface area contributed by atoms with Gasteiger partial charge < -0.3 is 10.6 Å². The molecule has 1 aromatic heterocycles. The van der Waals surface area contributed by atoms with Crippen LogP contribution in [0.3, 0.4) is 0 Å². The van der Waals surface area contributed by atoms with E-state index < -0.39 is 0 Å². The van der Waals surface area contributed by atoms with Gasteiger partial charge in [0.05, 0.1) is 0 Å². The lowest BCUT2D eigenvalue weighted by Gasteiger charge is -2.34. The fourth-order valence-corrected chi connectivity index (χ4v) is 2.12. The average Bonchev–Trinajstić information content (AvgIpc) is 2.39. The molecule has 1 aliphatic heterocycles. The van der Waals surface area contributed by atoms with Crippen LogP contribution in [0.5, 0.6) is 0 Å². The van der Waals surface area contributed by atoms with E-state index in [4.69, 9.17) is 5.73 Å². The first-order chi connectivity index (χ1) is 8.22. The van der Waals surface area contributed by atoms with Crippen LogP contribution in [0.2, 0.25) is 0 Å². The Morgan fingerprint density at radius 2 is 2.35 bits per heavy atom. The van der Waals surface area contributed by atoms with E-state index >= 15 is 0 Å². The molecule has 2 heterocycles. The highest BCUT2D eigenvalue weighted by atomic mass is 16.2. The molecule has 0 saturated carbocycles. The number of aromatic amines is 1. The minimum atomic E-state index is -0.310. The van der Waals surface area contributed by atoms with E-state index in [0.717, 1.165) is 19.3 Å². The van der Waals surface area contributed by atoms with Crippen LogP contribution in [0.15, 0.2) is 16.9 Å². The fourth-order valence-electron chi connectivity index (χ4n) is 2.12. The van der Waals surface area contributed by atoms with Crippen molar-refractivity contribution in [3.05, 3.63) is 28.2 Å². The number of nitrogens with zero attached hydrogens (tertiary/aromatic N) is 2. The Balaban J connectivity index is 2.18. The molecule has 3 N–H and O–H groups in total. The van der Waals surface area contributed by atoms with Crippen molar-refractivity contribution in [2.45, 2.75) is 25.3 Å². The number of nitrogens with two attached hydrogens (primary N) is 1. The molecule has 0 bridgehead atoms. The molecule has 6 heteroatoms. The van der Waals surface area contributed by atoms with Gasteiger partial charge in [0.2, 0.25) is 0 Å². The highest BCUT2D eigenvalue weighted by molar-refractivity contribution is 5.92. The van der Waals surface area contributed by atoms with Crippen LogP contribution in [0, 0.1) is 0 Å². The van der Waals surface area contributed by atoms with Gasteiger partial charge in [-0.2, -0.15) is 5.10 Å². The third-order valence-electron chi connectivity index (χ3n) is 3.06. The molecule has 0 aliphatic carbocycles. The zero-order valence-corrected chi connectivity index (χ0v) is 9.56. The number of carbonyl (C=O) groups excluding carboxylic acids is 1. The lowest BCUT2D eigenvalue weighted by molar-refractivity contribution is 0.0616. The first-order valence-electron chi connectivity index (χ1n) is 5.79. The quantitative estimate of drug-likeness (QED) is 0.739. The van der Waals surface area contributed by atoms with Gasteiger partial charge in [-0.3, -0.25) is 9.59 Å². The fraction of sp³-hybridized carbons (Fsp3) is 0.545. The van der Waals surface area contributed by atoms with Gasteiger partial charge in [0.25, 0.3) is 11.5 Å². The molecule has 6 nitrogen and oxygen atoms in total. The van der Waals surface area contributed by atoms with Crippen LogP contribution in [0.25, 0.3) is 0 Å². The lowest BCUT2D eigenvalue weighted by atomic mass is 10.0. The third-order valence-corrected chi connectivity index (χ3v) is 3.06. The van der Waals surface area contributed by atoms with Gasteiger partial charge in [0, 0.05) is 25.2 Å². The van der Waals surface area contributed by atoms with Gasteiger partial charge in [0.15, 0.2) is 0 Å². The van der Waals surface area contributed by atoms with Gasteiger partial charge in [-0.15, -0.1) is 0 Å². The van der Waals surface area contributed by atoms with Crippen molar-refractivity contribution in [3.63, 3.8) is 0 Å². The molecule has 1 aliphatic rings. The van der Waals surface area contributed by atoms with Crippen molar-refractivity contribution in [3.8, 4) is 0 Å². The number of amides is 1. The standard InChI is InChI=1S/C11H16N4O2/c12-7-8-3-1-2-6-15(8)11(17)9-4-5-10(16)14-13-9/h4-5,8H,1-3,6-7,12H2,(H,14,16). The highest BCUT2D eigenvalue weighted by Gasteiger charge is 2.27. The Morgan fingerprint density at radius 3 is 3.00 bits per heavy atom. The summed E-state index contributed by atoms with van der Waals surface area (Å²) in [6.45, 7) is 1.18. The van der Waals surface area contributed by atoms with Crippen LogP contribution in [0.4, 0.5) is 0 Å². The van der Waals surface area contributed by atoms with Crippen molar-refractivity contribution in [2.75, 3.05) is 13.1 Å². The number of carbonyl (C=O) groups is 1. The predicted molar refractivity (Wildman–Crippen MR) is 62.6 cm³/mol. The lowest BCUT2D eigenvalue weighted by Crippen LogP contribution is -2.47. The monoisotopic (exact) mass is 236 g/mol. The number of piperidine rings is 1. The maximum atomic E-state index is 12.2. The molecule has 1 fully saturated rings. The number of aromatic nitrogens is 2. The van der Waals surface area contributed by atoms with Crippen molar-refractivity contribution in [1.82, 2.24) is 15.1 Å². The topological polar surface area (TPSA) is 92.1 Å². The summed E-state index contributed by atoms with van der Waals surface area (Å²) >= 11 is 0. The molecule has 0 aromatic carbocycles. The summed E-state index contributed by atoms with van der Waals surface area (Å²) in [5.74, 6) is -0.156. The molecule has 1 unspecified atom stereocenters. The highest BCUT2D eigenvalue weighted by Crippen LogP contribution is 2.17. The summed E-state index contributed by atoms with van der Waals surface area (Å²) in [6, 6.07) is 2.84. The summed E-state index contributed by atoms with van der Waals surface area (Å²) < 4.78 is 0. The second kappa shape index (κ2) is 5.09. The first-order valence-corrected chi connectivity index (χ1v) is 5.79. The van der Waals surface area contributed by atoms with Crippen molar-refractivity contribution < 1.29 is 4.79 Å². The Hall–Kier alpha value is -1.69. The van der Waals surface area contributed by atoms with Gasteiger partial charge in [-0.1, -0.05) is 0 Å². The van der Waals surface area contributed by atoms with Crippen LogP contribution >= 0.6 is 0 Å². The van der Waals surface area contributed by atoms with E-state index in [1.165, 1.54) is 12.1 Å². The minimum absolute atomic E-state index is 0.0879. The molecule has 0 spiro atoms. The minimum Gasteiger partial charge on any atom is -0.333 e. The normalized spacial score (nSPS) is 20.3. The van der Waals surface area contributed by atoms with Crippen LogP contribution in [0.1, 0.15) is 29.8 Å². The summed E-state index contributed by atoms with van der Waals surface area (Å²) in [7, 11) is 0. The molecule has 2 rings (SSSR count). The zero-order valence-electron chi connectivity index (χ0n) is 9.56. The summed E-state index contributed by atoms with van der Waals surface area (Å²) in [5.41, 5.74) is 5.62. The number of hydrogen-bond donors (Lipinski definition) is 2. The maximum Gasteiger partial charge on any atom is 0.274 e. The summed E-state index contributed by atoms with van der Waals surface area (Å²) in [5, 5.41) is 6.02. The summed E-state index contributed by atoms with van der Waals surface area (Å²) in [4.78, 5) is 24.8. The Labute approximate surface area is 98.8 Å². The average molecular weight is 236 g/mol. The number of likely N-dealkylation sites (tertiary alicyclic amines) is 1. The van der Waals surface area contributed by atoms with Crippen molar-refractivity contribution in [1.29, 1.82) is 0 Å². The second-order valence-electron chi connectivity index (χ2n) is 4.19. The van der Waals surface area contributed by atoms with Gasteiger partial charge >= 0.3 is 0 Å². The number of H-pyrrole nitrogens is 1.